The maximum absolute atomic E-state index is 12.6. The summed E-state index contributed by atoms with van der Waals surface area (Å²) in [4.78, 5) is 40.7. The number of methoxy groups -OCH3 is 3. The fourth-order valence-electron chi connectivity index (χ4n) is 4.89. The van der Waals surface area contributed by atoms with Gasteiger partial charge in [0.2, 0.25) is 0 Å². The SMILES string of the molecule is COc1ccc(CCCOCC(=O)O)cc1OC.COc1ccccc1CCOCC(=O)O.O=C(O)COCCc1ccc(Br)cc1.O=C(O)COCCc1ccc(F)cc1Cl. The Labute approximate surface area is 373 Å². The van der Waals surface area contributed by atoms with Crippen molar-refractivity contribution in [2.75, 3.05) is 74.2 Å². The van der Waals surface area contributed by atoms with Crippen molar-refractivity contribution in [1.82, 2.24) is 0 Å². The van der Waals surface area contributed by atoms with Gasteiger partial charge in [0.25, 0.3) is 0 Å². The zero-order valence-corrected chi connectivity index (χ0v) is 37.0. The van der Waals surface area contributed by atoms with Gasteiger partial charge in [-0.3, -0.25) is 0 Å². The van der Waals surface area contributed by atoms with Gasteiger partial charge in [0.1, 0.15) is 38.0 Å². The smallest absolute Gasteiger partial charge is 0.329 e. The van der Waals surface area contributed by atoms with Gasteiger partial charge in [-0.15, -0.1) is 0 Å². The third-order valence-electron chi connectivity index (χ3n) is 7.79. The van der Waals surface area contributed by atoms with Gasteiger partial charge in [0.15, 0.2) is 11.5 Å². The van der Waals surface area contributed by atoms with Gasteiger partial charge in [0, 0.05) is 16.1 Å². The molecule has 0 aromatic heterocycles. The lowest BCUT2D eigenvalue weighted by Crippen LogP contribution is -2.09. The molecule has 0 bridgehead atoms. The van der Waals surface area contributed by atoms with Crippen LogP contribution in [0.5, 0.6) is 17.2 Å². The largest absolute Gasteiger partial charge is 0.496 e. The van der Waals surface area contributed by atoms with Gasteiger partial charge in [-0.2, -0.15) is 0 Å². The zero-order valence-electron chi connectivity index (χ0n) is 34.7. The Morgan fingerprint density at radius 1 is 0.532 bits per heavy atom. The first-order valence-electron chi connectivity index (χ1n) is 18.9. The minimum atomic E-state index is -1.01. The lowest BCUT2D eigenvalue weighted by molar-refractivity contribution is -0.143. The van der Waals surface area contributed by atoms with E-state index in [0.717, 1.165) is 51.7 Å². The number of aliphatic carboxylic acids is 4. The summed E-state index contributed by atoms with van der Waals surface area (Å²) in [6.07, 6.45) is 3.42. The molecule has 0 aliphatic heterocycles. The molecule has 340 valence electrons. The number of hydrogen-bond donors (Lipinski definition) is 4. The quantitative estimate of drug-likeness (QED) is 0.0508. The van der Waals surface area contributed by atoms with E-state index in [9.17, 15) is 23.6 Å². The highest BCUT2D eigenvalue weighted by Crippen LogP contribution is 2.28. The second-order valence-electron chi connectivity index (χ2n) is 12.5. The summed E-state index contributed by atoms with van der Waals surface area (Å²) < 4.78 is 48.8. The summed E-state index contributed by atoms with van der Waals surface area (Å²) in [5.41, 5.74) is 4.00. The molecule has 4 N–H and O–H groups in total. The Hall–Kier alpha value is -5.30. The Morgan fingerprint density at radius 3 is 1.53 bits per heavy atom. The Morgan fingerprint density at radius 2 is 1.02 bits per heavy atom. The molecule has 0 aliphatic rings. The number of carboxylic acids is 4. The highest BCUT2D eigenvalue weighted by atomic mass is 79.9. The highest BCUT2D eigenvalue weighted by molar-refractivity contribution is 9.10. The van der Waals surface area contributed by atoms with Crippen LogP contribution in [0.25, 0.3) is 0 Å². The van der Waals surface area contributed by atoms with Crippen molar-refractivity contribution >= 4 is 51.4 Å². The van der Waals surface area contributed by atoms with E-state index in [-0.39, 0.29) is 33.0 Å². The average molecular weight is 956 g/mol. The molecule has 0 fully saturated rings. The van der Waals surface area contributed by atoms with Crippen molar-refractivity contribution < 1.29 is 77.2 Å². The number of carboxylic acid groups (broad SMARTS) is 4. The van der Waals surface area contributed by atoms with Crippen LogP contribution in [-0.4, -0.2) is 118 Å². The number of para-hydroxylation sites is 1. The summed E-state index contributed by atoms with van der Waals surface area (Å²) >= 11 is 9.10. The fraction of sp³-hybridized carbons (Fsp3) is 0.364. The summed E-state index contributed by atoms with van der Waals surface area (Å²) in [6, 6.07) is 25.3. The highest BCUT2D eigenvalue weighted by Gasteiger charge is 2.06. The van der Waals surface area contributed by atoms with Crippen LogP contribution >= 0.6 is 27.5 Å². The predicted molar refractivity (Wildman–Crippen MR) is 231 cm³/mol. The van der Waals surface area contributed by atoms with E-state index >= 15 is 0 Å². The number of halogens is 3. The molecular weight excluding hydrogens is 903 g/mol. The summed E-state index contributed by atoms with van der Waals surface area (Å²) in [5, 5.41) is 33.7. The number of carbonyl (C=O) groups is 4. The molecule has 0 aliphatic carbocycles. The van der Waals surface area contributed by atoms with E-state index in [1.54, 1.807) is 27.4 Å². The van der Waals surface area contributed by atoms with Crippen LogP contribution in [0.1, 0.15) is 28.7 Å². The van der Waals surface area contributed by atoms with Crippen LogP contribution in [0.4, 0.5) is 4.39 Å². The molecule has 0 heterocycles. The normalized spacial score (nSPS) is 10.1. The van der Waals surface area contributed by atoms with E-state index in [1.165, 1.54) is 12.1 Å². The van der Waals surface area contributed by atoms with Crippen molar-refractivity contribution in [1.29, 1.82) is 0 Å². The molecule has 15 nitrogen and oxygen atoms in total. The molecule has 0 amide bonds. The zero-order chi connectivity index (χ0) is 46.1. The average Bonchev–Trinajstić information content (AvgIpc) is 3.24. The molecule has 4 rings (SSSR count). The van der Waals surface area contributed by atoms with Crippen LogP contribution < -0.4 is 14.2 Å². The van der Waals surface area contributed by atoms with Gasteiger partial charge in [-0.05, 0) is 96.8 Å². The van der Waals surface area contributed by atoms with Crippen molar-refractivity contribution in [2.24, 2.45) is 0 Å². The minimum absolute atomic E-state index is 0.226. The standard InChI is InChI=1S/C13H18O5.C11H14O4.C10H11BrO3.C10H10ClFO3/c1-16-11-6-5-10(8-12(11)17-2)4-3-7-18-9-13(14)15;1-14-10-5-3-2-4-9(10)6-7-15-8-11(12)13;11-9-3-1-8(2-4-9)5-6-14-7-10(12)13;11-9-5-8(12)2-1-7(9)3-4-15-6-10(13)14/h5-6,8H,3-4,7,9H2,1-2H3,(H,14,15);2-5H,6-8H2,1H3,(H,12,13);1-4H,5-7H2,(H,12,13);1-2,5H,3-4,6H2,(H,13,14). The molecule has 0 unspecified atom stereocenters. The van der Waals surface area contributed by atoms with E-state index in [0.29, 0.717) is 49.2 Å². The molecule has 0 saturated heterocycles. The first-order valence-corrected chi connectivity index (χ1v) is 20.0. The van der Waals surface area contributed by atoms with Crippen molar-refractivity contribution in [3.8, 4) is 17.2 Å². The lowest BCUT2D eigenvalue weighted by atomic mass is 10.1. The summed E-state index contributed by atoms with van der Waals surface area (Å²) in [5.74, 6) is -2.03. The van der Waals surface area contributed by atoms with Gasteiger partial charge in [-0.25, -0.2) is 23.6 Å². The number of benzene rings is 4. The maximum atomic E-state index is 12.6. The topological polar surface area (TPSA) is 214 Å². The van der Waals surface area contributed by atoms with Gasteiger partial charge >= 0.3 is 23.9 Å². The molecule has 62 heavy (non-hydrogen) atoms. The van der Waals surface area contributed by atoms with Gasteiger partial charge in [0.05, 0.1) is 41.2 Å². The van der Waals surface area contributed by atoms with E-state index in [1.807, 2.05) is 66.7 Å². The third kappa shape index (κ3) is 26.8. The number of hydrogen-bond acceptors (Lipinski definition) is 11. The number of rotatable bonds is 24. The Kier molecular flexibility index (Phi) is 29.4. The van der Waals surface area contributed by atoms with Crippen LogP contribution in [0.15, 0.2) is 89.4 Å². The van der Waals surface area contributed by atoms with Crippen LogP contribution in [0, 0.1) is 5.82 Å². The van der Waals surface area contributed by atoms with Crippen LogP contribution in [0.2, 0.25) is 5.02 Å². The molecule has 18 heteroatoms. The van der Waals surface area contributed by atoms with Crippen molar-refractivity contribution in [3.63, 3.8) is 0 Å². The first kappa shape index (κ1) is 54.7. The van der Waals surface area contributed by atoms with E-state index in [4.69, 9.17) is 65.2 Å². The van der Waals surface area contributed by atoms with Gasteiger partial charge in [-0.1, -0.05) is 70.0 Å². The predicted octanol–water partition coefficient (Wildman–Crippen LogP) is 7.29. The van der Waals surface area contributed by atoms with Gasteiger partial charge < -0.3 is 53.6 Å². The minimum Gasteiger partial charge on any atom is -0.496 e. The van der Waals surface area contributed by atoms with E-state index < -0.39 is 29.7 Å². The molecule has 0 radical (unpaired) electrons. The van der Waals surface area contributed by atoms with Crippen molar-refractivity contribution in [3.05, 3.63) is 122 Å². The monoisotopic (exact) mass is 954 g/mol. The second-order valence-corrected chi connectivity index (χ2v) is 13.8. The third-order valence-corrected chi connectivity index (χ3v) is 8.67. The second kappa shape index (κ2) is 33.3. The molecule has 0 spiro atoms. The van der Waals surface area contributed by atoms with Crippen LogP contribution in [-0.2, 0) is 63.8 Å². The van der Waals surface area contributed by atoms with Crippen molar-refractivity contribution in [2.45, 2.75) is 32.1 Å². The number of aryl methyl sites for hydroxylation is 1. The first-order chi connectivity index (χ1) is 29.7. The molecule has 4 aromatic rings. The fourth-order valence-corrected chi connectivity index (χ4v) is 5.42. The molecule has 0 atom stereocenters. The Balaban J connectivity index is 0.000000415. The summed E-state index contributed by atoms with van der Waals surface area (Å²) in [6.45, 7) is 0.440. The number of ether oxygens (including phenoxy) is 7. The maximum Gasteiger partial charge on any atom is 0.329 e. The Bertz CT molecular complexity index is 1910. The summed E-state index contributed by atoms with van der Waals surface area (Å²) in [7, 11) is 4.80. The molecular formula is C44H53BrClFO15. The van der Waals surface area contributed by atoms with E-state index in [2.05, 4.69) is 15.9 Å². The molecule has 4 aromatic carbocycles. The van der Waals surface area contributed by atoms with Crippen LogP contribution in [0.3, 0.4) is 0 Å². The molecule has 0 saturated carbocycles. The lowest BCUT2D eigenvalue weighted by Gasteiger charge is -2.09.